The summed E-state index contributed by atoms with van der Waals surface area (Å²) < 4.78 is 5.27. The zero-order chi connectivity index (χ0) is 17.1. The second-order valence-electron chi connectivity index (χ2n) is 6.50. The van der Waals surface area contributed by atoms with Gasteiger partial charge in [0.25, 0.3) is 5.91 Å². The minimum Gasteiger partial charge on any atom is -0.438 e. The third-order valence-corrected chi connectivity index (χ3v) is 4.42. The smallest absolute Gasteiger partial charge is 0.291 e. The highest BCUT2D eigenvalue weighted by Crippen LogP contribution is 2.23. The molecule has 1 aliphatic heterocycles. The Morgan fingerprint density at radius 2 is 2.08 bits per heavy atom. The molecule has 2 aromatic rings. The van der Waals surface area contributed by atoms with Crippen LogP contribution in [0.5, 0.6) is 0 Å². The van der Waals surface area contributed by atoms with Gasteiger partial charge in [-0.15, -0.1) is 0 Å². The summed E-state index contributed by atoms with van der Waals surface area (Å²) in [5.74, 6) is 0.222. The van der Waals surface area contributed by atoms with Crippen LogP contribution in [0.2, 0.25) is 0 Å². The van der Waals surface area contributed by atoms with Gasteiger partial charge in [-0.05, 0) is 32.8 Å². The lowest BCUT2D eigenvalue weighted by atomic mass is 10.0. The first-order chi connectivity index (χ1) is 11.6. The van der Waals surface area contributed by atoms with Gasteiger partial charge >= 0.3 is 0 Å². The minimum absolute atomic E-state index is 0.0829. The Labute approximate surface area is 142 Å². The monoisotopic (exact) mass is 328 g/mol. The van der Waals surface area contributed by atoms with Crippen LogP contribution in [-0.2, 0) is 0 Å². The molecule has 2 atom stereocenters. The van der Waals surface area contributed by atoms with Crippen LogP contribution < -0.4 is 10.9 Å². The number of rotatable bonds is 5. The Balaban J connectivity index is 1.67. The van der Waals surface area contributed by atoms with Gasteiger partial charge in [0.15, 0.2) is 6.39 Å². The molecule has 0 radical (unpaired) electrons. The molecule has 1 amide bonds. The van der Waals surface area contributed by atoms with E-state index < -0.39 is 0 Å². The van der Waals surface area contributed by atoms with Crippen LogP contribution in [-0.4, -0.2) is 34.4 Å². The lowest BCUT2D eigenvalue weighted by Gasteiger charge is -2.28. The zero-order valence-electron chi connectivity index (χ0n) is 14.3. The molecule has 2 N–H and O–H groups in total. The number of hydrogen-bond donors (Lipinski definition) is 2. The lowest BCUT2D eigenvalue weighted by molar-refractivity contribution is 0.0654. The van der Waals surface area contributed by atoms with E-state index in [1.165, 1.54) is 12.0 Å². The number of nitrogens with one attached hydrogen (secondary N) is 2. The molecule has 1 aliphatic rings. The number of carbonyl (C=O) groups is 1. The molecule has 6 heteroatoms. The number of amides is 1. The average Bonchev–Trinajstić information content (AvgIpc) is 3.21. The molecule has 2 unspecified atom stereocenters. The van der Waals surface area contributed by atoms with Crippen LogP contribution in [0.4, 0.5) is 0 Å². The van der Waals surface area contributed by atoms with Gasteiger partial charge in [0.2, 0.25) is 5.76 Å². The maximum atomic E-state index is 12.8. The van der Waals surface area contributed by atoms with Crippen molar-refractivity contribution in [1.82, 2.24) is 20.7 Å². The number of benzene rings is 1. The second kappa shape index (κ2) is 7.15. The fourth-order valence-electron chi connectivity index (χ4n) is 3.05. The third kappa shape index (κ3) is 3.49. The van der Waals surface area contributed by atoms with Crippen molar-refractivity contribution >= 4 is 5.91 Å². The summed E-state index contributed by atoms with van der Waals surface area (Å²) in [6.07, 6.45) is 2.25. The number of nitrogens with zero attached hydrogens (tertiary/aromatic N) is 2. The fourth-order valence-corrected chi connectivity index (χ4v) is 3.05. The first kappa shape index (κ1) is 16.7. The number of oxazole rings is 1. The molecule has 0 aliphatic carbocycles. The summed E-state index contributed by atoms with van der Waals surface area (Å²) in [4.78, 5) is 18.6. The molecule has 3 rings (SSSR count). The Hall–Kier alpha value is -2.18. The highest BCUT2D eigenvalue weighted by atomic mass is 16.3. The van der Waals surface area contributed by atoms with Crippen LogP contribution in [0.25, 0.3) is 0 Å². The number of aromatic nitrogens is 1. The Kier molecular flexibility index (Phi) is 4.97. The van der Waals surface area contributed by atoms with Gasteiger partial charge in [-0.3, -0.25) is 10.2 Å². The number of aryl methyl sites for hydroxylation is 1. The van der Waals surface area contributed by atoms with E-state index in [9.17, 15) is 4.79 Å². The molecule has 1 fully saturated rings. The highest BCUT2D eigenvalue weighted by Gasteiger charge is 2.31. The first-order valence-electron chi connectivity index (χ1n) is 8.33. The van der Waals surface area contributed by atoms with Gasteiger partial charge in [-0.25, -0.2) is 10.4 Å². The van der Waals surface area contributed by atoms with Crippen molar-refractivity contribution in [2.24, 2.45) is 0 Å². The Bertz CT molecular complexity index is 683. The second-order valence-corrected chi connectivity index (χ2v) is 6.50. The molecule has 0 bridgehead atoms. The topological polar surface area (TPSA) is 70.4 Å². The van der Waals surface area contributed by atoms with Gasteiger partial charge in [0, 0.05) is 24.7 Å². The molecule has 128 valence electrons. The molecule has 2 heterocycles. The van der Waals surface area contributed by atoms with Crippen molar-refractivity contribution < 1.29 is 9.21 Å². The summed E-state index contributed by atoms with van der Waals surface area (Å²) in [5, 5.41) is 0. The summed E-state index contributed by atoms with van der Waals surface area (Å²) in [7, 11) is 0. The van der Waals surface area contributed by atoms with E-state index in [0.717, 1.165) is 6.42 Å². The van der Waals surface area contributed by atoms with Gasteiger partial charge < -0.3 is 9.32 Å². The van der Waals surface area contributed by atoms with Crippen LogP contribution in [0.3, 0.4) is 0 Å². The number of hydrazine groups is 1. The van der Waals surface area contributed by atoms with E-state index in [1.54, 1.807) is 6.92 Å². The molecule has 1 aromatic carbocycles. The average molecular weight is 328 g/mol. The Morgan fingerprint density at radius 1 is 1.33 bits per heavy atom. The molecule has 0 saturated carbocycles. The molecule has 0 spiro atoms. The van der Waals surface area contributed by atoms with Gasteiger partial charge in [0.05, 0.1) is 5.69 Å². The summed E-state index contributed by atoms with van der Waals surface area (Å²) in [6, 6.07) is 10.9. The molecule has 24 heavy (non-hydrogen) atoms. The van der Waals surface area contributed by atoms with Gasteiger partial charge in [-0.2, -0.15) is 0 Å². The lowest BCUT2D eigenvalue weighted by Crippen LogP contribution is -2.46. The maximum absolute atomic E-state index is 12.8. The normalized spacial score (nSPS) is 20.5. The van der Waals surface area contributed by atoms with Crippen molar-refractivity contribution in [3.8, 4) is 0 Å². The minimum atomic E-state index is -0.107. The zero-order valence-corrected chi connectivity index (χ0v) is 14.3. The third-order valence-electron chi connectivity index (χ3n) is 4.42. The predicted octanol–water partition coefficient (Wildman–Crippen LogP) is 2.44. The van der Waals surface area contributed by atoms with Crippen LogP contribution >= 0.6 is 0 Å². The molecule has 6 nitrogen and oxygen atoms in total. The quantitative estimate of drug-likeness (QED) is 0.882. The van der Waals surface area contributed by atoms with E-state index in [1.807, 2.05) is 36.9 Å². The highest BCUT2D eigenvalue weighted by molar-refractivity contribution is 5.92. The van der Waals surface area contributed by atoms with Crippen molar-refractivity contribution in [3.05, 3.63) is 53.7 Å². The van der Waals surface area contributed by atoms with Crippen LogP contribution in [0, 0.1) is 6.92 Å². The van der Waals surface area contributed by atoms with Crippen molar-refractivity contribution in [1.29, 1.82) is 0 Å². The standard InChI is InChI=1S/C18H24N4O2/c1-12(2)22(18(23)17-13(3)19-11-24-17)10-15-9-16(21-20-15)14-7-5-4-6-8-14/h4-8,11-12,15-16,20-21H,9-10H2,1-3H3. The molecular weight excluding hydrogens is 304 g/mol. The summed E-state index contributed by atoms with van der Waals surface area (Å²) in [5.41, 5.74) is 8.52. The van der Waals surface area contributed by atoms with Gasteiger partial charge in [-0.1, -0.05) is 30.3 Å². The molecule has 1 aromatic heterocycles. The largest absolute Gasteiger partial charge is 0.438 e. The summed E-state index contributed by atoms with van der Waals surface area (Å²) in [6.45, 7) is 6.43. The van der Waals surface area contributed by atoms with Crippen LogP contribution in [0.1, 0.15) is 48.1 Å². The first-order valence-corrected chi connectivity index (χ1v) is 8.33. The molecule has 1 saturated heterocycles. The van der Waals surface area contributed by atoms with Crippen molar-refractivity contribution in [2.75, 3.05) is 6.54 Å². The number of hydrogen-bond acceptors (Lipinski definition) is 5. The van der Waals surface area contributed by atoms with Crippen molar-refractivity contribution in [3.63, 3.8) is 0 Å². The van der Waals surface area contributed by atoms with E-state index in [-0.39, 0.29) is 24.0 Å². The van der Waals surface area contributed by atoms with E-state index in [0.29, 0.717) is 18.0 Å². The maximum Gasteiger partial charge on any atom is 0.291 e. The SMILES string of the molecule is Cc1ncoc1C(=O)N(CC1CC(c2ccccc2)NN1)C(C)C. The Morgan fingerprint density at radius 3 is 2.71 bits per heavy atom. The van der Waals surface area contributed by atoms with Gasteiger partial charge in [0.1, 0.15) is 0 Å². The van der Waals surface area contributed by atoms with Crippen LogP contribution in [0.15, 0.2) is 41.1 Å². The van der Waals surface area contributed by atoms with E-state index in [4.69, 9.17) is 4.42 Å². The van der Waals surface area contributed by atoms with E-state index in [2.05, 4.69) is 28.0 Å². The predicted molar refractivity (Wildman–Crippen MR) is 91.3 cm³/mol. The number of carbonyl (C=O) groups excluding carboxylic acids is 1. The van der Waals surface area contributed by atoms with Crippen molar-refractivity contribution in [2.45, 2.75) is 45.3 Å². The van der Waals surface area contributed by atoms with E-state index >= 15 is 0 Å². The fraction of sp³-hybridized carbons (Fsp3) is 0.444. The molecular formula is C18H24N4O2. The summed E-state index contributed by atoms with van der Waals surface area (Å²) >= 11 is 0.